The van der Waals surface area contributed by atoms with Gasteiger partial charge in [-0.1, -0.05) is 194 Å². The van der Waals surface area contributed by atoms with Crippen molar-refractivity contribution in [1.82, 2.24) is 0 Å². The maximum Gasteiger partial charge on any atom is 0.180 e. The average molecular weight is 864 g/mol. The van der Waals surface area contributed by atoms with Crippen LogP contribution in [0.3, 0.4) is 0 Å². The fraction of sp³-hybridized carbons (Fsp3) is 0.0164. The van der Waals surface area contributed by atoms with E-state index in [0.717, 1.165) is 39.7 Å². The smallest absolute Gasteiger partial charge is 0.180 e. The molecule has 4 heteroatoms. The first-order valence-corrected chi connectivity index (χ1v) is 25.1. The van der Waals surface area contributed by atoms with E-state index in [9.17, 15) is 0 Å². The van der Waals surface area contributed by atoms with Crippen molar-refractivity contribution in [2.75, 3.05) is 4.90 Å². The molecule has 10 aromatic carbocycles. The van der Waals surface area contributed by atoms with Crippen LogP contribution in [-0.2, 0) is 5.41 Å². The van der Waals surface area contributed by atoms with Gasteiger partial charge in [0.15, 0.2) is 8.07 Å². The maximum atomic E-state index is 7.02. The molecule has 306 valence electrons. The zero-order valence-electron chi connectivity index (χ0n) is 35.4. The van der Waals surface area contributed by atoms with Gasteiger partial charge in [-0.15, -0.1) is 11.3 Å². The van der Waals surface area contributed by atoms with E-state index in [1.165, 1.54) is 63.2 Å². The second kappa shape index (κ2) is 14.9. The third-order valence-electron chi connectivity index (χ3n) is 13.9. The molecule has 11 aromatic rings. The molecule has 0 aliphatic carbocycles. The third-order valence-corrected chi connectivity index (χ3v) is 20.0. The highest BCUT2D eigenvalue weighted by atomic mass is 32.1. The predicted molar refractivity (Wildman–Crippen MR) is 275 cm³/mol. The molecule has 2 nitrogen and oxygen atoms in total. The second-order valence-corrected chi connectivity index (χ2v) is 21.9. The van der Waals surface area contributed by atoms with Crippen LogP contribution in [-0.4, -0.2) is 8.07 Å². The SMILES string of the molecule is c1ccc(N(c2ccc(-c3cccc4c3sc3ccccc34)cc2)c2ccc3c(c2)C2(c4ccccc4O3)c3ccccc3[Si](c3ccccc3)(c3ccccc3)c3ccccc32)cc1. The predicted octanol–water partition coefficient (Wildman–Crippen LogP) is 13.4. The number of ether oxygens (including phenoxy) is 1. The normalized spacial score (nSPS) is 13.9. The van der Waals surface area contributed by atoms with E-state index in [2.05, 4.69) is 254 Å². The number of hydrogen-bond acceptors (Lipinski definition) is 3. The monoisotopic (exact) mass is 863 g/mol. The van der Waals surface area contributed by atoms with Crippen LogP contribution >= 0.6 is 11.3 Å². The van der Waals surface area contributed by atoms with E-state index >= 15 is 0 Å². The van der Waals surface area contributed by atoms with Crippen LogP contribution in [0.5, 0.6) is 11.5 Å². The molecule has 0 atom stereocenters. The van der Waals surface area contributed by atoms with E-state index in [0.29, 0.717) is 0 Å². The lowest BCUT2D eigenvalue weighted by molar-refractivity contribution is 0.435. The number of nitrogens with zero attached hydrogens (tertiary/aromatic N) is 1. The summed E-state index contributed by atoms with van der Waals surface area (Å²) in [5, 5.41) is 8.16. The molecule has 0 radical (unpaired) electrons. The zero-order chi connectivity index (χ0) is 43.0. The number of fused-ring (bicyclic) bond motifs is 11. The zero-order valence-corrected chi connectivity index (χ0v) is 37.3. The highest BCUT2D eigenvalue weighted by Gasteiger charge is 2.57. The van der Waals surface area contributed by atoms with Gasteiger partial charge < -0.3 is 9.64 Å². The largest absolute Gasteiger partial charge is 0.457 e. The minimum atomic E-state index is -2.88. The van der Waals surface area contributed by atoms with Gasteiger partial charge in [-0.2, -0.15) is 0 Å². The first-order valence-electron chi connectivity index (χ1n) is 22.3. The lowest BCUT2D eigenvalue weighted by Gasteiger charge is -2.51. The molecule has 0 saturated heterocycles. The molecule has 13 rings (SSSR count). The molecular weight excluding hydrogens is 823 g/mol. The van der Waals surface area contributed by atoms with Crippen molar-refractivity contribution in [3.05, 3.63) is 271 Å². The van der Waals surface area contributed by atoms with Crippen LogP contribution in [0.15, 0.2) is 249 Å². The summed E-state index contributed by atoms with van der Waals surface area (Å²) >= 11 is 1.87. The molecular formula is C61H41NOSSi. The van der Waals surface area contributed by atoms with Crippen LogP contribution in [0.4, 0.5) is 17.1 Å². The Kier molecular flexibility index (Phi) is 8.67. The van der Waals surface area contributed by atoms with E-state index < -0.39 is 13.5 Å². The fourth-order valence-corrected chi connectivity index (χ4v) is 17.8. The van der Waals surface area contributed by atoms with Gasteiger partial charge in [0.25, 0.3) is 0 Å². The Morgan fingerprint density at radius 1 is 0.385 bits per heavy atom. The number of hydrogen-bond donors (Lipinski definition) is 0. The van der Waals surface area contributed by atoms with Gasteiger partial charge in [0.2, 0.25) is 0 Å². The average Bonchev–Trinajstić information content (AvgIpc) is 3.77. The number of anilines is 3. The van der Waals surface area contributed by atoms with Crippen LogP contribution in [0.1, 0.15) is 22.3 Å². The van der Waals surface area contributed by atoms with Crippen molar-refractivity contribution in [3.8, 4) is 22.6 Å². The number of rotatable bonds is 6. The minimum Gasteiger partial charge on any atom is -0.457 e. The first-order chi connectivity index (χ1) is 32.2. The van der Waals surface area contributed by atoms with E-state index in [1.54, 1.807) is 0 Å². The molecule has 1 spiro atoms. The van der Waals surface area contributed by atoms with E-state index in [-0.39, 0.29) is 0 Å². The molecule has 1 aromatic heterocycles. The molecule has 2 aliphatic heterocycles. The van der Waals surface area contributed by atoms with Crippen molar-refractivity contribution >= 4 is 77.4 Å². The van der Waals surface area contributed by atoms with E-state index in [4.69, 9.17) is 4.74 Å². The van der Waals surface area contributed by atoms with Gasteiger partial charge in [-0.3, -0.25) is 0 Å². The summed E-state index contributed by atoms with van der Waals surface area (Å²) in [6, 6.07) is 92.1. The van der Waals surface area contributed by atoms with Crippen LogP contribution in [0.25, 0.3) is 31.3 Å². The molecule has 2 aliphatic rings. The molecule has 3 heterocycles. The summed E-state index contributed by atoms with van der Waals surface area (Å²) < 4.78 is 9.65. The van der Waals surface area contributed by atoms with Crippen LogP contribution in [0.2, 0.25) is 0 Å². The minimum absolute atomic E-state index is 0.692. The van der Waals surface area contributed by atoms with Gasteiger partial charge >= 0.3 is 0 Å². The van der Waals surface area contributed by atoms with Gasteiger partial charge in [-0.25, -0.2) is 0 Å². The molecule has 65 heavy (non-hydrogen) atoms. The highest BCUT2D eigenvalue weighted by Crippen LogP contribution is 2.57. The molecule has 0 N–H and O–H groups in total. The summed E-state index contributed by atoms with van der Waals surface area (Å²) in [7, 11) is -2.88. The lowest BCUT2D eigenvalue weighted by atomic mass is 9.63. The highest BCUT2D eigenvalue weighted by molar-refractivity contribution is 7.26. The molecule has 0 unspecified atom stereocenters. The number of benzene rings is 10. The van der Waals surface area contributed by atoms with Crippen LogP contribution in [0, 0.1) is 0 Å². The van der Waals surface area contributed by atoms with Crippen molar-refractivity contribution in [2.45, 2.75) is 5.41 Å². The molecule has 0 fully saturated rings. The van der Waals surface area contributed by atoms with Gasteiger partial charge in [0.1, 0.15) is 11.5 Å². The Morgan fingerprint density at radius 3 is 1.60 bits per heavy atom. The Balaban J connectivity index is 1.05. The third kappa shape index (κ3) is 5.51. The Bertz CT molecular complexity index is 3500. The Hall–Kier alpha value is -7.76. The Labute approximate surface area is 383 Å². The lowest BCUT2D eigenvalue weighted by Crippen LogP contribution is -2.79. The van der Waals surface area contributed by atoms with Gasteiger partial charge in [0.05, 0.1) is 5.41 Å². The van der Waals surface area contributed by atoms with E-state index in [1.807, 2.05) is 11.3 Å². The maximum absolute atomic E-state index is 7.02. The molecule has 0 saturated carbocycles. The van der Waals surface area contributed by atoms with Gasteiger partial charge in [0, 0.05) is 48.4 Å². The van der Waals surface area contributed by atoms with Crippen molar-refractivity contribution in [3.63, 3.8) is 0 Å². The van der Waals surface area contributed by atoms with Crippen molar-refractivity contribution < 1.29 is 4.74 Å². The van der Waals surface area contributed by atoms with Gasteiger partial charge in [-0.05, 0) is 97.6 Å². The Morgan fingerprint density at radius 2 is 0.908 bits per heavy atom. The second-order valence-electron chi connectivity index (χ2n) is 17.1. The van der Waals surface area contributed by atoms with Crippen molar-refractivity contribution in [2.24, 2.45) is 0 Å². The number of para-hydroxylation sites is 2. The quantitative estimate of drug-likeness (QED) is 0.154. The fourth-order valence-electron chi connectivity index (χ4n) is 11.3. The molecule has 0 amide bonds. The first kappa shape index (κ1) is 37.8. The summed E-state index contributed by atoms with van der Waals surface area (Å²) in [6.45, 7) is 0. The summed E-state index contributed by atoms with van der Waals surface area (Å²) in [5.74, 6) is 1.75. The topological polar surface area (TPSA) is 12.5 Å². The summed E-state index contributed by atoms with van der Waals surface area (Å²) in [5.41, 5.74) is 9.89. The van der Waals surface area contributed by atoms with Crippen molar-refractivity contribution in [1.29, 1.82) is 0 Å². The van der Waals surface area contributed by atoms with Crippen LogP contribution < -0.4 is 30.4 Å². The standard InChI is InChI=1S/C61H41NOSSi/c1-4-19-43(20-5-1)62(44-37-35-42(36-38-44)48-26-18-27-50-49-25-10-15-32-57(49)64-60(48)50)45-39-40-56-54(41-45)61(51-28-11-14-31-55(51)63-56)52-29-12-16-33-58(52)65(46-21-6-2-7-22-46,47-23-8-3-9-24-47)59-34-17-13-30-53(59)61/h1-41H. The number of thiophene rings is 1. The summed E-state index contributed by atoms with van der Waals surface area (Å²) in [4.78, 5) is 2.39. The summed E-state index contributed by atoms with van der Waals surface area (Å²) in [6.07, 6.45) is 0. The molecule has 0 bridgehead atoms.